The molecule has 8 heteroatoms. The first-order valence-electron chi connectivity index (χ1n) is 5.10. The Balaban J connectivity index is 3.60. The molecule has 0 aliphatic heterocycles. The molecule has 0 radical (unpaired) electrons. The van der Waals surface area contributed by atoms with E-state index >= 15 is 0 Å². The van der Waals surface area contributed by atoms with E-state index in [0.717, 1.165) is 6.07 Å². The van der Waals surface area contributed by atoms with Gasteiger partial charge in [0, 0.05) is 21.4 Å². The van der Waals surface area contributed by atoms with Crippen molar-refractivity contribution in [2.75, 3.05) is 0 Å². The number of hydrogen-bond donors (Lipinski definition) is 0. The normalized spacial score (nSPS) is 14.4. The number of hydrogen-bond acceptors (Lipinski definition) is 4. The largest absolute Gasteiger partial charge is 0.261 e. The Morgan fingerprint density at radius 2 is 1.67 bits per heavy atom. The summed E-state index contributed by atoms with van der Waals surface area (Å²) in [5.74, 6) is -0.0550. The SMILES string of the molecule is CCC(C)c1ccc(S(=O)(=O)Cl)cc1S(=O)(=O)Cl. The smallest absolute Gasteiger partial charge is 0.207 e. The quantitative estimate of drug-likeness (QED) is 0.795. The highest BCUT2D eigenvalue weighted by molar-refractivity contribution is 8.14. The third kappa shape index (κ3) is 3.60. The topological polar surface area (TPSA) is 68.3 Å². The van der Waals surface area contributed by atoms with Crippen molar-refractivity contribution in [3.05, 3.63) is 23.8 Å². The molecular formula is C10H12Cl2O4S2. The molecule has 1 atom stereocenters. The molecule has 0 aliphatic carbocycles. The minimum atomic E-state index is -4.02. The maximum atomic E-state index is 11.5. The second-order valence-electron chi connectivity index (χ2n) is 3.88. The van der Waals surface area contributed by atoms with Gasteiger partial charge in [-0.1, -0.05) is 19.9 Å². The first-order valence-corrected chi connectivity index (χ1v) is 9.72. The zero-order chi connectivity index (χ0) is 14.1. The zero-order valence-corrected chi connectivity index (χ0v) is 12.9. The molecule has 0 fully saturated rings. The summed E-state index contributed by atoms with van der Waals surface area (Å²) < 4.78 is 45.3. The second-order valence-corrected chi connectivity index (χ2v) is 8.98. The third-order valence-corrected chi connectivity index (χ3v) is 5.40. The zero-order valence-electron chi connectivity index (χ0n) is 9.72. The van der Waals surface area contributed by atoms with Gasteiger partial charge in [-0.05, 0) is 30.0 Å². The average molecular weight is 331 g/mol. The monoisotopic (exact) mass is 330 g/mol. The first-order chi connectivity index (χ1) is 8.07. The lowest BCUT2D eigenvalue weighted by Crippen LogP contribution is -2.04. The summed E-state index contributed by atoms with van der Waals surface area (Å²) in [6.45, 7) is 3.72. The van der Waals surface area contributed by atoms with Gasteiger partial charge >= 0.3 is 0 Å². The van der Waals surface area contributed by atoms with Gasteiger partial charge in [-0.3, -0.25) is 0 Å². The van der Waals surface area contributed by atoms with Crippen molar-refractivity contribution in [3.63, 3.8) is 0 Å². The molecule has 4 nitrogen and oxygen atoms in total. The van der Waals surface area contributed by atoms with Gasteiger partial charge in [0.05, 0.1) is 9.79 Å². The van der Waals surface area contributed by atoms with Crippen LogP contribution in [0.15, 0.2) is 28.0 Å². The third-order valence-electron chi connectivity index (χ3n) is 2.67. The van der Waals surface area contributed by atoms with Crippen LogP contribution in [-0.2, 0) is 18.1 Å². The molecule has 0 bridgehead atoms. The fourth-order valence-corrected chi connectivity index (χ4v) is 3.58. The molecule has 0 amide bonds. The van der Waals surface area contributed by atoms with Crippen molar-refractivity contribution in [1.29, 1.82) is 0 Å². The number of rotatable bonds is 4. The Hall–Kier alpha value is -0.300. The van der Waals surface area contributed by atoms with E-state index in [1.165, 1.54) is 12.1 Å². The van der Waals surface area contributed by atoms with Gasteiger partial charge in [-0.25, -0.2) is 16.8 Å². The molecule has 1 rings (SSSR count). The van der Waals surface area contributed by atoms with Crippen LogP contribution in [0.4, 0.5) is 0 Å². The Kier molecular flexibility index (Phi) is 4.70. The molecule has 0 saturated carbocycles. The predicted molar refractivity (Wildman–Crippen MR) is 71.2 cm³/mol. The molecule has 18 heavy (non-hydrogen) atoms. The average Bonchev–Trinajstić information content (AvgIpc) is 2.24. The van der Waals surface area contributed by atoms with Gasteiger partial charge in [0.2, 0.25) is 0 Å². The maximum Gasteiger partial charge on any atom is 0.261 e. The highest BCUT2D eigenvalue weighted by Gasteiger charge is 2.22. The van der Waals surface area contributed by atoms with Gasteiger partial charge in [0.25, 0.3) is 18.1 Å². The molecule has 0 saturated heterocycles. The number of halogens is 2. The fraction of sp³-hybridized carbons (Fsp3) is 0.400. The minimum Gasteiger partial charge on any atom is -0.207 e. The summed E-state index contributed by atoms with van der Waals surface area (Å²) in [5, 5.41) is 0. The summed E-state index contributed by atoms with van der Waals surface area (Å²) in [6, 6.07) is 3.69. The van der Waals surface area contributed by atoms with Crippen LogP contribution in [0.5, 0.6) is 0 Å². The highest BCUT2D eigenvalue weighted by Crippen LogP contribution is 2.31. The lowest BCUT2D eigenvalue weighted by atomic mass is 9.99. The van der Waals surface area contributed by atoms with Gasteiger partial charge in [0.1, 0.15) is 0 Å². The van der Waals surface area contributed by atoms with E-state index in [-0.39, 0.29) is 15.7 Å². The first kappa shape index (κ1) is 15.8. The van der Waals surface area contributed by atoms with Crippen molar-refractivity contribution in [3.8, 4) is 0 Å². The maximum absolute atomic E-state index is 11.5. The summed E-state index contributed by atoms with van der Waals surface area (Å²) >= 11 is 0. The summed E-state index contributed by atoms with van der Waals surface area (Å²) in [6.07, 6.45) is 0.701. The summed E-state index contributed by atoms with van der Waals surface area (Å²) in [5.41, 5.74) is 0.483. The molecule has 0 spiro atoms. The van der Waals surface area contributed by atoms with Crippen LogP contribution >= 0.6 is 21.4 Å². The van der Waals surface area contributed by atoms with Gasteiger partial charge in [-0.2, -0.15) is 0 Å². The van der Waals surface area contributed by atoms with Crippen molar-refractivity contribution in [2.45, 2.75) is 36.0 Å². The lowest BCUT2D eigenvalue weighted by molar-refractivity contribution is 0.604. The minimum absolute atomic E-state index is 0.0550. The van der Waals surface area contributed by atoms with Crippen LogP contribution in [0.1, 0.15) is 31.7 Å². The second kappa shape index (κ2) is 5.36. The van der Waals surface area contributed by atoms with Crippen LogP contribution in [0.25, 0.3) is 0 Å². The Labute approximate surface area is 116 Å². The molecule has 1 aromatic rings. The Morgan fingerprint density at radius 3 is 2.06 bits per heavy atom. The standard InChI is InChI=1S/C10H12Cl2O4S2/c1-3-7(2)9-5-4-8(17(11,13)14)6-10(9)18(12,15)16/h4-7H,3H2,1-2H3. The summed E-state index contributed by atoms with van der Waals surface area (Å²) in [4.78, 5) is -0.490. The Morgan fingerprint density at radius 1 is 1.11 bits per heavy atom. The number of benzene rings is 1. The van der Waals surface area contributed by atoms with Crippen molar-refractivity contribution >= 4 is 39.5 Å². The van der Waals surface area contributed by atoms with Gasteiger partial charge in [0.15, 0.2) is 0 Å². The Bertz CT molecular complexity index is 650. The molecule has 0 N–H and O–H groups in total. The lowest BCUT2D eigenvalue weighted by Gasteiger charge is -2.13. The van der Waals surface area contributed by atoms with Gasteiger partial charge in [-0.15, -0.1) is 0 Å². The molecule has 1 unspecified atom stereocenters. The van der Waals surface area contributed by atoms with Crippen molar-refractivity contribution < 1.29 is 16.8 Å². The molecule has 102 valence electrons. The van der Waals surface area contributed by atoms with Crippen LogP contribution in [0.2, 0.25) is 0 Å². The van der Waals surface area contributed by atoms with E-state index in [2.05, 4.69) is 0 Å². The molecule has 1 aromatic carbocycles. The molecule has 0 heterocycles. The van der Waals surface area contributed by atoms with Crippen LogP contribution in [-0.4, -0.2) is 16.8 Å². The van der Waals surface area contributed by atoms with E-state index in [1.807, 2.05) is 13.8 Å². The van der Waals surface area contributed by atoms with E-state index < -0.39 is 18.1 Å². The molecule has 0 aromatic heterocycles. The fourth-order valence-electron chi connectivity index (χ4n) is 1.50. The van der Waals surface area contributed by atoms with E-state index in [4.69, 9.17) is 21.4 Å². The highest BCUT2D eigenvalue weighted by atomic mass is 35.7. The van der Waals surface area contributed by atoms with Crippen LogP contribution in [0.3, 0.4) is 0 Å². The van der Waals surface area contributed by atoms with Crippen LogP contribution < -0.4 is 0 Å². The van der Waals surface area contributed by atoms with Gasteiger partial charge < -0.3 is 0 Å². The summed E-state index contributed by atoms with van der Waals surface area (Å²) in [7, 11) is 2.49. The molecule has 0 aliphatic rings. The van der Waals surface area contributed by atoms with E-state index in [0.29, 0.717) is 12.0 Å². The predicted octanol–water partition coefficient (Wildman–Crippen LogP) is 3.06. The van der Waals surface area contributed by atoms with Crippen LogP contribution in [0, 0.1) is 0 Å². The van der Waals surface area contributed by atoms with Crippen molar-refractivity contribution in [2.24, 2.45) is 0 Å². The van der Waals surface area contributed by atoms with Crippen molar-refractivity contribution in [1.82, 2.24) is 0 Å². The van der Waals surface area contributed by atoms with E-state index in [9.17, 15) is 16.8 Å². The molecular weight excluding hydrogens is 319 g/mol. The van der Waals surface area contributed by atoms with E-state index in [1.54, 1.807) is 0 Å².